The highest BCUT2D eigenvalue weighted by Gasteiger charge is 2.27. The number of carbonyl (C=O) groups is 1. The number of nitrogens with zero attached hydrogens (tertiary/aromatic N) is 3. The lowest BCUT2D eigenvalue weighted by Gasteiger charge is -2.38. The Balaban J connectivity index is 1.93. The van der Waals surface area contributed by atoms with Gasteiger partial charge in [0.2, 0.25) is 5.91 Å². The summed E-state index contributed by atoms with van der Waals surface area (Å²) in [5.74, 6) is 1.20. The number of rotatable bonds is 3. The first kappa shape index (κ1) is 16.1. The van der Waals surface area contributed by atoms with E-state index in [2.05, 4.69) is 29.0 Å². The molecule has 2 aliphatic heterocycles. The predicted octanol–water partition coefficient (Wildman–Crippen LogP) is 1.74. The summed E-state index contributed by atoms with van der Waals surface area (Å²) < 4.78 is 5.56. The predicted molar refractivity (Wildman–Crippen MR) is 92.1 cm³/mol. The fraction of sp³-hybridized carbons (Fsp3) is 0.611. The van der Waals surface area contributed by atoms with Crippen LogP contribution in [0.2, 0.25) is 0 Å². The summed E-state index contributed by atoms with van der Waals surface area (Å²) in [4.78, 5) is 18.9. The van der Waals surface area contributed by atoms with Gasteiger partial charge in [-0.2, -0.15) is 0 Å². The van der Waals surface area contributed by atoms with Crippen molar-refractivity contribution in [3.8, 4) is 5.75 Å². The second kappa shape index (κ2) is 6.79. The lowest BCUT2D eigenvalue weighted by atomic mass is 9.95. The Morgan fingerprint density at radius 2 is 1.87 bits per heavy atom. The van der Waals surface area contributed by atoms with Crippen molar-refractivity contribution in [2.45, 2.75) is 26.3 Å². The molecule has 1 amide bonds. The molecule has 1 saturated heterocycles. The number of benzene rings is 1. The van der Waals surface area contributed by atoms with Gasteiger partial charge in [-0.05, 0) is 25.6 Å². The first-order valence-electron chi connectivity index (χ1n) is 8.54. The largest absolute Gasteiger partial charge is 0.496 e. The fourth-order valence-electron chi connectivity index (χ4n) is 3.60. The molecular weight excluding hydrogens is 290 g/mol. The van der Waals surface area contributed by atoms with Gasteiger partial charge in [0.05, 0.1) is 7.11 Å². The average Bonchev–Trinajstić information content (AvgIpc) is 2.60. The molecule has 0 spiro atoms. The normalized spacial score (nSPS) is 18.7. The molecule has 2 heterocycles. The topological polar surface area (TPSA) is 36.0 Å². The lowest BCUT2D eigenvalue weighted by molar-refractivity contribution is -0.131. The molecule has 0 atom stereocenters. The van der Waals surface area contributed by atoms with Crippen LogP contribution in [0, 0.1) is 0 Å². The van der Waals surface area contributed by atoms with Crippen LogP contribution in [-0.2, 0) is 17.8 Å². The van der Waals surface area contributed by atoms with E-state index in [4.69, 9.17) is 4.74 Å². The molecule has 0 aliphatic carbocycles. The van der Waals surface area contributed by atoms with E-state index in [1.807, 2.05) is 11.8 Å². The smallest absolute Gasteiger partial charge is 0.222 e. The number of carbonyl (C=O) groups excluding carboxylic acids is 1. The Morgan fingerprint density at radius 3 is 2.52 bits per heavy atom. The molecular formula is C18H27N3O2. The third-order valence-electron chi connectivity index (χ3n) is 5.06. The minimum atomic E-state index is 0.239. The molecule has 0 saturated carbocycles. The molecule has 2 aliphatic rings. The maximum atomic E-state index is 12.1. The Bertz CT molecular complexity index is 580. The Kier molecular flexibility index (Phi) is 4.76. The molecule has 0 unspecified atom stereocenters. The van der Waals surface area contributed by atoms with Crippen molar-refractivity contribution in [2.24, 2.45) is 0 Å². The summed E-state index contributed by atoms with van der Waals surface area (Å²) in [5.41, 5.74) is 3.84. The van der Waals surface area contributed by atoms with Crippen LogP contribution in [0.5, 0.6) is 5.75 Å². The number of hydrogen-bond acceptors (Lipinski definition) is 4. The second-order valence-electron chi connectivity index (χ2n) is 6.45. The molecule has 5 nitrogen and oxygen atoms in total. The number of piperazine rings is 1. The van der Waals surface area contributed by atoms with Crippen LogP contribution < -0.4 is 9.64 Å². The second-order valence-corrected chi connectivity index (χ2v) is 6.45. The Morgan fingerprint density at radius 1 is 1.13 bits per heavy atom. The van der Waals surface area contributed by atoms with E-state index in [-0.39, 0.29) is 5.91 Å². The monoisotopic (exact) mass is 317 g/mol. The van der Waals surface area contributed by atoms with E-state index in [1.54, 1.807) is 7.11 Å². The van der Waals surface area contributed by atoms with Gasteiger partial charge in [0.1, 0.15) is 5.75 Å². The van der Waals surface area contributed by atoms with Gasteiger partial charge >= 0.3 is 0 Å². The standard InChI is InChI=1S/C18H27N3O2/c1-4-18(22)21-8-7-14-15(13-21)16(5-6-17(14)23-3)20-11-9-19(2)10-12-20/h5-6H,4,7-13H2,1-3H3. The minimum Gasteiger partial charge on any atom is -0.496 e. The zero-order valence-electron chi connectivity index (χ0n) is 14.5. The number of anilines is 1. The van der Waals surface area contributed by atoms with E-state index in [1.165, 1.54) is 16.8 Å². The molecule has 0 N–H and O–H groups in total. The summed E-state index contributed by atoms with van der Waals surface area (Å²) in [6.07, 6.45) is 1.45. The van der Waals surface area contributed by atoms with Crippen LogP contribution in [0.3, 0.4) is 0 Å². The first-order valence-corrected chi connectivity index (χ1v) is 8.54. The van der Waals surface area contributed by atoms with Gasteiger partial charge in [0.25, 0.3) is 0 Å². The molecule has 3 rings (SSSR count). The van der Waals surface area contributed by atoms with Gasteiger partial charge < -0.3 is 19.4 Å². The van der Waals surface area contributed by atoms with Crippen molar-refractivity contribution in [2.75, 3.05) is 51.8 Å². The fourth-order valence-corrected chi connectivity index (χ4v) is 3.60. The molecule has 0 bridgehead atoms. The van der Waals surface area contributed by atoms with E-state index in [0.717, 1.165) is 44.9 Å². The highest BCUT2D eigenvalue weighted by molar-refractivity contribution is 5.77. The Hall–Kier alpha value is -1.75. The van der Waals surface area contributed by atoms with Crippen molar-refractivity contribution < 1.29 is 9.53 Å². The van der Waals surface area contributed by atoms with Gasteiger partial charge in [-0.1, -0.05) is 6.92 Å². The third kappa shape index (κ3) is 3.15. The van der Waals surface area contributed by atoms with Crippen LogP contribution in [0.1, 0.15) is 24.5 Å². The van der Waals surface area contributed by atoms with Crippen molar-refractivity contribution in [3.63, 3.8) is 0 Å². The summed E-state index contributed by atoms with van der Waals surface area (Å²) in [6, 6.07) is 4.26. The molecule has 126 valence electrons. The zero-order chi connectivity index (χ0) is 16.4. The highest BCUT2D eigenvalue weighted by atomic mass is 16.5. The molecule has 5 heteroatoms. The molecule has 0 aromatic heterocycles. The van der Waals surface area contributed by atoms with E-state index < -0.39 is 0 Å². The minimum absolute atomic E-state index is 0.239. The molecule has 1 aromatic carbocycles. The first-order chi connectivity index (χ1) is 11.1. The maximum Gasteiger partial charge on any atom is 0.222 e. The third-order valence-corrected chi connectivity index (χ3v) is 5.06. The number of fused-ring (bicyclic) bond motifs is 1. The van der Waals surface area contributed by atoms with E-state index >= 15 is 0 Å². The van der Waals surface area contributed by atoms with Crippen LogP contribution in [-0.4, -0.2) is 62.6 Å². The van der Waals surface area contributed by atoms with E-state index in [0.29, 0.717) is 13.0 Å². The van der Waals surface area contributed by atoms with Gasteiger partial charge in [0, 0.05) is 62.5 Å². The van der Waals surface area contributed by atoms with Gasteiger partial charge in [-0.3, -0.25) is 4.79 Å². The van der Waals surface area contributed by atoms with Crippen LogP contribution >= 0.6 is 0 Å². The summed E-state index contributed by atoms with van der Waals surface area (Å²) in [5, 5.41) is 0. The van der Waals surface area contributed by atoms with Gasteiger partial charge in [0.15, 0.2) is 0 Å². The maximum absolute atomic E-state index is 12.1. The van der Waals surface area contributed by atoms with Crippen molar-refractivity contribution >= 4 is 11.6 Å². The Labute approximate surface area is 138 Å². The van der Waals surface area contributed by atoms with Crippen molar-refractivity contribution in [1.29, 1.82) is 0 Å². The number of amides is 1. The zero-order valence-corrected chi connectivity index (χ0v) is 14.5. The number of hydrogen-bond donors (Lipinski definition) is 0. The summed E-state index contributed by atoms with van der Waals surface area (Å²) >= 11 is 0. The summed E-state index contributed by atoms with van der Waals surface area (Å²) in [7, 11) is 3.90. The van der Waals surface area contributed by atoms with Crippen molar-refractivity contribution in [1.82, 2.24) is 9.80 Å². The molecule has 1 fully saturated rings. The quantitative estimate of drug-likeness (QED) is 0.851. The van der Waals surface area contributed by atoms with Gasteiger partial charge in [-0.15, -0.1) is 0 Å². The molecule has 1 aromatic rings. The number of likely N-dealkylation sites (N-methyl/N-ethyl adjacent to an activating group) is 1. The number of methoxy groups -OCH3 is 1. The lowest BCUT2D eigenvalue weighted by Crippen LogP contribution is -2.45. The molecule has 23 heavy (non-hydrogen) atoms. The average molecular weight is 317 g/mol. The van der Waals surface area contributed by atoms with Gasteiger partial charge in [-0.25, -0.2) is 0 Å². The van der Waals surface area contributed by atoms with Crippen LogP contribution in [0.25, 0.3) is 0 Å². The van der Waals surface area contributed by atoms with E-state index in [9.17, 15) is 4.79 Å². The highest BCUT2D eigenvalue weighted by Crippen LogP contribution is 2.35. The SMILES string of the molecule is CCC(=O)N1CCc2c(OC)ccc(N3CCN(C)CC3)c2C1. The van der Waals surface area contributed by atoms with Crippen molar-refractivity contribution in [3.05, 3.63) is 23.3 Å². The number of ether oxygens (including phenoxy) is 1. The summed E-state index contributed by atoms with van der Waals surface area (Å²) in [6.45, 7) is 7.68. The van der Waals surface area contributed by atoms with Crippen LogP contribution in [0.4, 0.5) is 5.69 Å². The van der Waals surface area contributed by atoms with Crippen LogP contribution in [0.15, 0.2) is 12.1 Å². The molecule has 0 radical (unpaired) electrons.